The van der Waals surface area contributed by atoms with Crippen LogP contribution in [0.1, 0.15) is 19.3 Å². The molecule has 114 valence electrons. The highest BCUT2D eigenvalue weighted by Gasteiger charge is 2.27. The van der Waals surface area contributed by atoms with Gasteiger partial charge in [-0.2, -0.15) is 0 Å². The zero-order chi connectivity index (χ0) is 15.3. The molecule has 2 atom stereocenters. The van der Waals surface area contributed by atoms with E-state index in [1.807, 2.05) is 0 Å². The van der Waals surface area contributed by atoms with Gasteiger partial charge in [-0.1, -0.05) is 24.6 Å². The number of amides is 1. The molecule has 1 aromatic rings. The van der Waals surface area contributed by atoms with Crippen molar-refractivity contribution in [1.29, 1.82) is 0 Å². The Morgan fingerprint density at radius 2 is 2.00 bits per heavy atom. The highest BCUT2D eigenvalue weighted by Crippen LogP contribution is 2.24. The first-order valence-electron chi connectivity index (χ1n) is 6.92. The van der Waals surface area contributed by atoms with Crippen LogP contribution in [0.15, 0.2) is 46.7 Å². The van der Waals surface area contributed by atoms with E-state index >= 15 is 0 Å². The Morgan fingerprint density at radius 3 is 2.67 bits per heavy atom. The molecule has 0 aliphatic heterocycles. The van der Waals surface area contributed by atoms with Gasteiger partial charge in [0.1, 0.15) is 0 Å². The average Bonchev–Trinajstić information content (AvgIpc) is 2.93. The number of benzene rings is 1. The van der Waals surface area contributed by atoms with Crippen LogP contribution in [0.25, 0.3) is 0 Å². The Labute approximate surface area is 124 Å². The Hall–Kier alpha value is -1.66. The van der Waals surface area contributed by atoms with Crippen molar-refractivity contribution in [3.8, 4) is 0 Å². The summed E-state index contributed by atoms with van der Waals surface area (Å²) in [5.74, 6) is -0.382. The molecule has 2 rings (SSSR count). The van der Waals surface area contributed by atoms with Gasteiger partial charge in [0, 0.05) is 30.1 Å². The summed E-state index contributed by atoms with van der Waals surface area (Å²) in [5.41, 5.74) is 0. The standard InChI is InChI=1S/C15H19NO4S/c17-11-12-5-4-8-14(12)16-15(18)9-10-21(19,20)13-6-2-1-3-7-13/h1-3,6-7,9-10,12,14,17H,4-5,8,11H2,(H,16,18)/b10-9+. The molecule has 1 aliphatic rings. The number of aliphatic hydroxyl groups is 1. The van der Waals surface area contributed by atoms with E-state index in [2.05, 4.69) is 5.32 Å². The second-order valence-electron chi connectivity index (χ2n) is 5.15. The van der Waals surface area contributed by atoms with E-state index in [0.29, 0.717) is 0 Å². The molecule has 0 heterocycles. The van der Waals surface area contributed by atoms with Crippen LogP contribution in [0.4, 0.5) is 0 Å². The van der Waals surface area contributed by atoms with Crippen LogP contribution >= 0.6 is 0 Å². The first-order chi connectivity index (χ1) is 10.0. The van der Waals surface area contributed by atoms with E-state index in [4.69, 9.17) is 0 Å². The molecule has 1 aliphatic carbocycles. The first-order valence-corrected chi connectivity index (χ1v) is 8.47. The van der Waals surface area contributed by atoms with Crippen molar-refractivity contribution in [3.63, 3.8) is 0 Å². The van der Waals surface area contributed by atoms with Gasteiger partial charge in [0.2, 0.25) is 5.91 Å². The van der Waals surface area contributed by atoms with E-state index in [1.165, 1.54) is 12.1 Å². The minimum absolute atomic E-state index is 0.0387. The largest absolute Gasteiger partial charge is 0.396 e. The summed E-state index contributed by atoms with van der Waals surface area (Å²) in [7, 11) is -3.60. The zero-order valence-electron chi connectivity index (χ0n) is 11.6. The van der Waals surface area contributed by atoms with Gasteiger partial charge in [0.25, 0.3) is 0 Å². The number of carbonyl (C=O) groups is 1. The Balaban J connectivity index is 1.99. The predicted octanol–water partition coefficient (Wildman–Crippen LogP) is 1.25. The van der Waals surface area contributed by atoms with Crippen molar-refractivity contribution in [2.75, 3.05) is 6.61 Å². The van der Waals surface area contributed by atoms with Crippen LogP contribution in [0.2, 0.25) is 0 Å². The van der Waals surface area contributed by atoms with Gasteiger partial charge in [-0.15, -0.1) is 0 Å². The van der Waals surface area contributed by atoms with Crippen LogP contribution in [0.3, 0.4) is 0 Å². The second kappa shape index (κ2) is 6.87. The highest BCUT2D eigenvalue weighted by atomic mass is 32.2. The average molecular weight is 309 g/mol. The van der Waals surface area contributed by atoms with Crippen molar-refractivity contribution in [2.24, 2.45) is 5.92 Å². The molecule has 1 aromatic carbocycles. The minimum atomic E-state index is -3.60. The van der Waals surface area contributed by atoms with Crippen LogP contribution in [0.5, 0.6) is 0 Å². The maximum atomic E-state index is 12.0. The minimum Gasteiger partial charge on any atom is -0.396 e. The maximum absolute atomic E-state index is 12.0. The Kier molecular flexibility index (Phi) is 5.14. The summed E-state index contributed by atoms with van der Waals surface area (Å²) in [6.45, 7) is 0.0387. The summed E-state index contributed by atoms with van der Waals surface area (Å²) in [4.78, 5) is 12.0. The van der Waals surface area contributed by atoms with Crippen LogP contribution in [0, 0.1) is 5.92 Å². The van der Waals surface area contributed by atoms with Crippen LogP contribution in [-0.2, 0) is 14.6 Å². The summed E-state index contributed by atoms with van der Waals surface area (Å²) in [6.07, 6.45) is 3.70. The number of nitrogens with one attached hydrogen (secondary N) is 1. The van der Waals surface area contributed by atoms with Crippen LogP contribution in [-0.4, -0.2) is 32.1 Å². The van der Waals surface area contributed by atoms with Gasteiger partial charge >= 0.3 is 0 Å². The highest BCUT2D eigenvalue weighted by molar-refractivity contribution is 7.94. The zero-order valence-corrected chi connectivity index (χ0v) is 12.4. The molecular formula is C15H19NO4S. The molecular weight excluding hydrogens is 290 g/mol. The third-order valence-corrected chi connectivity index (χ3v) is 5.12. The monoisotopic (exact) mass is 309 g/mol. The molecule has 21 heavy (non-hydrogen) atoms. The molecule has 0 bridgehead atoms. The van der Waals surface area contributed by atoms with Gasteiger partial charge < -0.3 is 10.4 Å². The Morgan fingerprint density at radius 1 is 1.29 bits per heavy atom. The van der Waals surface area contributed by atoms with Crippen molar-refractivity contribution in [2.45, 2.75) is 30.2 Å². The fraction of sp³-hybridized carbons (Fsp3) is 0.400. The van der Waals surface area contributed by atoms with Gasteiger partial charge in [-0.25, -0.2) is 8.42 Å². The molecule has 6 heteroatoms. The van der Waals surface area contributed by atoms with Crippen molar-refractivity contribution in [3.05, 3.63) is 41.8 Å². The summed E-state index contributed by atoms with van der Waals surface area (Å²) >= 11 is 0. The van der Waals surface area contributed by atoms with Gasteiger partial charge in [-0.05, 0) is 25.0 Å². The molecule has 0 saturated heterocycles. The molecule has 1 saturated carbocycles. The topological polar surface area (TPSA) is 83.5 Å². The van der Waals surface area contributed by atoms with Gasteiger partial charge in [0.15, 0.2) is 9.84 Å². The fourth-order valence-corrected chi connectivity index (χ4v) is 3.51. The van der Waals surface area contributed by atoms with E-state index < -0.39 is 15.7 Å². The third-order valence-electron chi connectivity index (χ3n) is 3.69. The van der Waals surface area contributed by atoms with E-state index in [9.17, 15) is 18.3 Å². The molecule has 5 nitrogen and oxygen atoms in total. The number of rotatable bonds is 5. The van der Waals surface area contributed by atoms with E-state index in [1.54, 1.807) is 18.2 Å². The molecule has 0 aromatic heterocycles. The maximum Gasteiger partial charge on any atom is 0.244 e. The predicted molar refractivity (Wildman–Crippen MR) is 79.1 cm³/mol. The van der Waals surface area contributed by atoms with Crippen LogP contribution < -0.4 is 5.32 Å². The van der Waals surface area contributed by atoms with Gasteiger partial charge in [-0.3, -0.25) is 4.79 Å². The van der Waals surface area contributed by atoms with Crippen molar-refractivity contribution < 1.29 is 18.3 Å². The quantitative estimate of drug-likeness (QED) is 0.802. The molecule has 1 amide bonds. The third kappa shape index (κ3) is 4.15. The lowest BCUT2D eigenvalue weighted by molar-refractivity contribution is -0.117. The smallest absolute Gasteiger partial charge is 0.244 e. The number of sulfone groups is 1. The summed E-state index contributed by atoms with van der Waals surface area (Å²) < 4.78 is 24.0. The Bertz CT molecular complexity index is 610. The molecule has 0 spiro atoms. The first kappa shape index (κ1) is 15.7. The summed E-state index contributed by atoms with van der Waals surface area (Å²) in [5, 5.41) is 12.9. The number of carbonyl (C=O) groups excluding carboxylic acids is 1. The lowest BCUT2D eigenvalue weighted by Crippen LogP contribution is -2.37. The van der Waals surface area contributed by atoms with E-state index in [-0.39, 0.29) is 23.5 Å². The number of hydrogen-bond donors (Lipinski definition) is 2. The normalized spacial score (nSPS) is 22.5. The van der Waals surface area contributed by atoms with Crippen molar-refractivity contribution in [1.82, 2.24) is 5.32 Å². The lowest BCUT2D eigenvalue weighted by Gasteiger charge is -2.17. The lowest BCUT2D eigenvalue weighted by atomic mass is 10.1. The van der Waals surface area contributed by atoms with Gasteiger partial charge in [0.05, 0.1) is 4.90 Å². The van der Waals surface area contributed by atoms with E-state index in [0.717, 1.165) is 30.7 Å². The second-order valence-corrected chi connectivity index (χ2v) is 6.98. The molecule has 2 unspecified atom stereocenters. The SMILES string of the molecule is O=C(/C=C/S(=O)(=O)c1ccccc1)NC1CCCC1CO. The number of hydrogen-bond acceptors (Lipinski definition) is 4. The van der Waals surface area contributed by atoms with Crippen molar-refractivity contribution >= 4 is 15.7 Å². The summed E-state index contributed by atoms with van der Waals surface area (Å²) in [6, 6.07) is 7.87. The fourth-order valence-electron chi connectivity index (χ4n) is 2.52. The molecule has 1 fully saturated rings. The molecule has 2 N–H and O–H groups in total. The molecule has 0 radical (unpaired) electrons. The number of aliphatic hydroxyl groups excluding tert-OH is 1.